The van der Waals surface area contributed by atoms with Crippen molar-refractivity contribution in [2.75, 3.05) is 17.3 Å². The van der Waals surface area contributed by atoms with E-state index < -0.39 is 12.6 Å². The van der Waals surface area contributed by atoms with E-state index in [-0.39, 0.29) is 12.5 Å². The molecule has 90 valence electrons. The summed E-state index contributed by atoms with van der Waals surface area (Å²) < 4.78 is 35.7. The van der Waals surface area contributed by atoms with Crippen LogP contribution in [0.25, 0.3) is 0 Å². The second kappa shape index (κ2) is 4.97. The minimum absolute atomic E-state index is 0.153. The van der Waals surface area contributed by atoms with Crippen LogP contribution in [-0.2, 0) is 0 Å². The maximum absolute atomic E-state index is 11.9. The van der Waals surface area contributed by atoms with Crippen molar-refractivity contribution in [3.05, 3.63) is 11.8 Å². The summed E-state index contributed by atoms with van der Waals surface area (Å²) in [5.41, 5.74) is 2.87. The largest absolute Gasteiger partial charge is 0.390 e. The molecule has 1 aromatic rings. The molecule has 0 spiro atoms. The summed E-state index contributed by atoms with van der Waals surface area (Å²) in [7, 11) is 0. The summed E-state index contributed by atoms with van der Waals surface area (Å²) in [6.45, 7) is 1.46. The standard InChI is InChI=1S/C8H12F3N5/c1-5-4-14-7(16-12)15-6(5)13-3-2-8(9,10)11/h4H,2-3,12H2,1H3,(H2,13,14,15,16). The van der Waals surface area contributed by atoms with Gasteiger partial charge in [0.25, 0.3) is 0 Å². The Kier molecular flexibility index (Phi) is 3.88. The fourth-order valence-electron chi connectivity index (χ4n) is 1.01. The molecule has 0 bridgehead atoms. The van der Waals surface area contributed by atoms with Crippen molar-refractivity contribution in [1.82, 2.24) is 9.97 Å². The minimum Gasteiger partial charge on any atom is -0.369 e. The molecule has 0 amide bonds. The highest BCUT2D eigenvalue weighted by Gasteiger charge is 2.26. The SMILES string of the molecule is Cc1cnc(NN)nc1NCCC(F)(F)F. The average molecular weight is 235 g/mol. The van der Waals surface area contributed by atoms with Crippen LogP contribution in [0.2, 0.25) is 0 Å². The van der Waals surface area contributed by atoms with Crippen molar-refractivity contribution in [3.63, 3.8) is 0 Å². The van der Waals surface area contributed by atoms with Gasteiger partial charge in [-0.3, -0.25) is 5.43 Å². The van der Waals surface area contributed by atoms with Gasteiger partial charge in [-0.15, -0.1) is 0 Å². The highest BCUT2D eigenvalue weighted by molar-refractivity contribution is 5.45. The van der Waals surface area contributed by atoms with Crippen molar-refractivity contribution >= 4 is 11.8 Å². The van der Waals surface area contributed by atoms with Crippen LogP contribution in [0.4, 0.5) is 24.9 Å². The molecule has 0 saturated carbocycles. The smallest absolute Gasteiger partial charge is 0.369 e. The number of nitrogens with two attached hydrogens (primary N) is 1. The lowest BCUT2D eigenvalue weighted by Crippen LogP contribution is -2.17. The van der Waals surface area contributed by atoms with Gasteiger partial charge in [-0.2, -0.15) is 18.2 Å². The predicted octanol–water partition coefficient (Wildman–Crippen LogP) is 1.43. The first-order valence-corrected chi connectivity index (χ1v) is 4.53. The Morgan fingerprint density at radius 2 is 2.12 bits per heavy atom. The third-order valence-electron chi connectivity index (χ3n) is 1.80. The zero-order chi connectivity index (χ0) is 12.2. The number of nitrogen functional groups attached to an aromatic ring is 1. The molecule has 0 radical (unpaired) electrons. The van der Waals surface area contributed by atoms with Crippen LogP contribution in [0.1, 0.15) is 12.0 Å². The normalized spacial score (nSPS) is 11.3. The van der Waals surface area contributed by atoms with Crippen molar-refractivity contribution in [2.45, 2.75) is 19.5 Å². The van der Waals surface area contributed by atoms with Gasteiger partial charge in [-0.1, -0.05) is 0 Å². The number of rotatable bonds is 4. The molecular weight excluding hydrogens is 223 g/mol. The van der Waals surface area contributed by atoms with E-state index in [0.29, 0.717) is 11.4 Å². The van der Waals surface area contributed by atoms with E-state index in [1.807, 2.05) is 0 Å². The van der Waals surface area contributed by atoms with E-state index >= 15 is 0 Å². The number of alkyl halides is 3. The summed E-state index contributed by atoms with van der Waals surface area (Å²) in [5.74, 6) is 5.58. The van der Waals surface area contributed by atoms with E-state index in [0.717, 1.165) is 0 Å². The van der Waals surface area contributed by atoms with Crippen LogP contribution in [0.5, 0.6) is 0 Å². The van der Waals surface area contributed by atoms with Crippen molar-refractivity contribution < 1.29 is 13.2 Å². The molecule has 0 aliphatic rings. The molecule has 16 heavy (non-hydrogen) atoms. The third kappa shape index (κ3) is 3.89. The number of hydrogen-bond acceptors (Lipinski definition) is 5. The second-order valence-corrected chi connectivity index (χ2v) is 3.16. The molecule has 4 N–H and O–H groups in total. The van der Waals surface area contributed by atoms with Gasteiger partial charge >= 0.3 is 6.18 Å². The summed E-state index contributed by atoms with van der Waals surface area (Å²) in [5, 5.41) is 2.58. The van der Waals surface area contributed by atoms with Crippen LogP contribution < -0.4 is 16.6 Å². The number of anilines is 2. The highest BCUT2D eigenvalue weighted by Crippen LogP contribution is 2.20. The highest BCUT2D eigenvalue weighted by atomic mass is 19.4. The Labute approximate surface area is 90.2 Å². The monoisotopic (exact) mass is 235 g/mol. The molecule has 0 fully saturated rings. The summed E-state index contributed by atoms with van der Waals surface area (Å²) in [6, 6.07) is 0. The Balaban J connectivity index is 2.59. The first kappa shape index (κ1) is 12.5. The van der Waals surface area contributed by atoms with Crippen molar-refractivity contribution in [1.29, 1.82) is 0 Å². The molecule has 1 heterocycles. The molecular formula is C8H12F3N5. The summed E-state index contributed by atoms with van der Waals surface area (Å²) >= 11 is 0. The number of nitrogens with zero attached hydrogens (tertiary/aromatic N) is 2. The molecule has 1 aromatic heterocycles. The van der Waals surface area contributed by atoms with Gasteiger partial charge in [0.2, 0.25) is 5.95 Å². The van der Waals surface area contributed by atoms with Gasteiger partial charge < -0.3 is 5.32 Å². The molecule has 1 rings (SSSR count). The first-order valence-electron chi connectivity index (χ1n) is 4.53. The average Bonchev–Trinajstić information content (AvgIpc) is 2.19. The molecule has 0 aliphatic heterocycles. The van der Waals surface area contributed by atoms with E-state index in [1.165, 1.54) is 6.20 Å². The van der Waals surface area contributed by atoms with Gasteiger partial charge in [-0.05, 0) is 6.92 Å². The molecule has 0 saturated heterocycles. The van der Waals surface area contributed by atoms with Crippen molar-refractivity contribution in [3.8, 4) is 0 Å². The van der Waals surface area contributed by atoms with E-state index in [4.69, 9.17) is 5.84 Å². The first-order chi connectivity index (χ1) is 7.42. The maximum atomic E-state index is 11.9. The van der Waals surface area contributed by atoms with E-state index in [1.54, 1.807) is 6.92 Å². The van der Waals surface area contributed by atoms with Gasteiger partial charge in [0.05, 0.1) is 6.42 Å². The molecule has 8 heteroatoms. The summed E-state index contributed by atoms with van der Waals surface area (Å²) in [4.78, 5) is 7.69. The fraction of sp³-hybridized carbons (Fsp3) is 0.500. The lowest BCUT2D eigenvalue weighted by molar-refractivity contribution is -0.131. The van der Waals surface area contributed by atoms with Crippen LogP contribution in [0, 0.1) is 6.92 Å². The van der Waals surface area contributed by atoms with Crippen LogP contribution in [-0.4, -0.2) is 22.7 Å². The fourth-order valence-corrected chi connectivity index (χ4v) is 1.01. The Bertz CT molecular complexity index is 352. The van der Waals surface area contributed by atoms with Gasteiger partial charge in [-0.25, -0.2) is 10.8 Å². The predicted molar refractivity (Wildman–Crippen MR) is 53.7 cm³/mol. The number of hydrazine groups is 1. The van der Waals surface area contributed by atoms with Gasteiger partial charge in [0.1, 0.15) is 5.82 Å². The number of hydrogen-bond donors (Lipinski definition) is 3. The molecule has 0 atom stereocenters. The minimum atomic E-state index is -4.18. The Morgan fingerprint density at radius 3 is 2.69 bits per heavy atom. The third-order valence-corrected chi connectivity index (χ3v) is 1.80. The van der Waals surface area contributed by atoms with Gasteiger partial charge in [0.15, 0.2) is 0 Å². The lowest BCUT2D eigenvalue weighted by Gasteiger charge is -2.10. The zero-order valence-electron chi connectivity index (χ0n) is 8.60. The van der Waals surface area contributed by atoms with Crippen LogP contribution in [0.3, 0.4) is 0 Å². The summed E-state index contributed by atoms with van der Waals surface area (Å²) in [6.07, 6.45) is -3.62. The van der Waals surface area contributed by atoms with Gasteiger partial charge in [0, 0.05) is 18.3 Å². The number of aryl methyl sites for hydroxylation is 1. The quantitative estimate of drug-likeness (QED) is 0.543. The molecule has 0 aliphatic carbocycles. The van der Waals surface area contributed by atoms with Crippen molar-refractivity contribution in [2.24, 2.45) is 5.84 Å². The van der Waals surface area contributed by atoms with Crippen LogP contribution in [0.15, 0.2) is 6.20 Å². The molecule has 0 aromatic carbocycles. The van der Waals surface area contributed by atoms with E-state index in [9.17, 15) is 13.2 Å². The lowest BCUT2D eigenvalue weighted by atomic mass is 10.3. The van der Waals surface area contributed by atoms with Crippen LogP contribution >= 0.6 is 0 Å². The number of nitrogens with one attached hydrogen (secondary N) is 2. The topological polar surface area (TPSA) is 75.9 Å². The Hall–Kier alpha value is -1.57. The molecule has 5 nitrogen and oxygen atoms in total. The molecule has 0 unspecified atom stereocenters. The second-order valence-electron chi connectivity index (χ2n) is 3.16. The number of aromatic nitrogens is 2. The Morgan fingerprint density at radius 1 is 1.44 bits per heavy atom. The number of halogens is 3. The van der Waals surface area contributed by atoms with E-state index in [2.05, 4.69) is 20.7 Å². The maximum Gasteiger partial charge on any atom is 0.390 e. The zero-order valence-corrected chi connectivity index (χ0v) is 8.60.